The number of nitrogens with one attached hydrogen (secondary N) is 3. The fraction of sp³-hybridized carbons (Fsp3) is 0.600. The number of sulfonamides is 1. The van der Waals surface area contributed by atoms with Crippen molar-refractivity contribution < 1.29 is 22.9 Å². The van der Waals surface area contributed by atoms with Crippen LogP contribution in [0.3, 0.4) is 0 Å². The summed E-state index contributed by atoms with van der Waals surface area (Å²) in [6.45, 7) is 8.42. The normalized spacial score (nSPS) is 16.0. The van der Waals surface area contributed by atoms with Gasteiger partial charge in [0.1, 0.15) is 0 Å². The third kappa shape index (κ3) is 7.09. The second kappa shape index (κ2) is 10.7. The molecule has 8 nitrogen and oxygen atoms in total. The van der Waals surface area contributed by atoms with Crippen LogP contribution in [0.1, 0.15) is 32.8 Å². The quantitative estimate of drug-likeness (QED) is 0.546. The van der Waals surface area contributed by atoms with Gasteiger partial charge in [0, 0.05) is 6.54 Å². The van der Waals surface area contributed by atoms with Crippen molar-refractivity contribution in [3.63, 3.8) is 0 Å². The maximum absolute atomic E-state index is 12.8. The lowest BCUT2D eigenvalue weighted by molar-refractivity contribution is -0.895. The fourth-order valence-corrected chi connectivity index (χ4v) is 4.67. The van der Waals surface area contributed by atoms with E-state index in [-0.39, 0.29) is 12.5 Å². The first-order chi connectivity index (χ1) is 13.7. The number of hydrogen-bond acceptors (Lipinski definition) is 4. The molecule has 0 aromatic heterocycles. The second-order valence-electron chi connectivity index (χ2n) is 7.88. The van der Waals surface area contributed by atoms with Crippen LogP contribution < -0.4 is 15.5 Å². The Morgan fingerprint density at radius 1 is 1.14 bits per heavy atom. The minimum atomic E-state index is -3.52. The predicted octanol–water partition coefficient (Wildman–Crippen LogP) is 0.0101. The number of piperazine rings is 1. The molecule has 1 aliphatic rings. The Labute approximate surface area is 173 Å². The summed E-state index contributed by atoms with van der Waals surface area (Å²) in [5.41, 5.74) is 1.13. The summed E-state index contributed by atoms with van der Waals surface area (Å²) < 4.78 is 27.2. The van der Waals surface area contributed by atoms with Gasteiger partial charge in [-0.15, -0.1) is 0 Å². The van der Waals surface area contributed by atoms with Gasteiger partial charge in [0.05, 0.1) is 31.1 Å². The highest BCUT2D eigenvalue weighted by Gasteiger charge is 2.31. The number of amides is 3. The highest BCUT2D eigenvalue weighted by Crippen LogP contribution is 2.17. The van der Waals surface area contributed by atoms with Crippen LogP contribution in [0.5, 0.6) is 0 Å². The van der Waals surface area contributed by atoms with Gasteiger partial charge in [-0.2, -0.15) is 4.31 Å². The number of rotatable bonds is 8. The molecule has 2 rings (SSSR count). The van der Waals surface area contributed by atoms with Gasteiger partial charge >= 0.3 is 6.03 Å². The number of carbonyl (C=O) groups excluding carboxylic acids is 2. The number of imide groups is 1. The zero-order valence-corrected chi connectivity index (χ0v) is 18.3. The number of nitrogens with zero attached hydrogens (tertiary/aromatic N) is 1. The Bertz CT molecular complexity index is 785. The number of carbonyl (C=O) groups is 2. The lowest BCUT2D eigenvalue weighted by Gasteiger charge is -2.31. The first-order valence-electron chi connectivity index (χ1n) is 10.2. The van der Waals surface area contributed by atoms with E-state index in [0.717, 1.165) is 23.3 Å². The van der Waals surface area contributed by atoms with Gasteiger partial charge in [-0.3, -0.25) is 10.1 Å². The Balaban J connectivity index is 1.83. The SMILES string of the molecule is CCCc1ccc(S(=O)(=O)N2CC[NH+](CC(=O)NC(=O)NCC(C)C)CC2)cc1. The number of quaternary nitrogens is 1. The Morgan fingerprint density at radius 3 is 2.31 bits per heavy atom. The van der Waals surface area contributed by atoms with Crippen LogP contribution in [0.4, 0.5) is 4.79 Å². The van der Waals surface area contributed by atoms with E-state index in [9.17, 15) is 18.0 Å². The molecule has 9 heteroatoms. The first kappa shape index (κ1) is 23.3. The van der Waals surface area contributed by atoms with Crippen LogP contribution in [0.15, 0.2) is 29.2 Å². The molecule has 3 amide bonds. The predicted molar refractivity (Wildman–Crippen MR) is 111 cm³/mol. The van der Waals surface area contributed by atoms with E-state index in [2.05, 4.69) is 17.6 Å². The maximum Gasteiger partial charge on any atom is 0.321 e. The molecule has 1 aromatic rings. The Morgan fingerprint density at radius 2 is 1.76 bits per heavy atom. The van der Waals surface area contributed by atoms with Crippen LogP contribution in [0.25, 0.3) is 0 Å². The molecule has 1 fully saturated rings. The summed E-state index contributed by atoms with van der Waals surface area (Å²) in [5, 5.41) is 4.96. The number of aryl methyl sites for hydroxylation is 1. The van der Waals surface area contributed by atoms with Crippen LogP contribution in [0.2, 0.25) is 0 Å². The molecule has 0 spiro atoms. The summed E-state index contributed by atoms with van der Waals surface area (Å²) >= 11 is 0. The van der Waals surface area contributed by atoms with Crippen molar-refractivity contribution in [3.8, 4) is 0 Å². The smallest absolute Gasteiger partial charge is 0.321 e. The van der Waals surface area contributed by atoms with Crippen LogP contribution >= 0.6 is 0 Å². The summed E-state index contributed by atoms with van der Waals surface area (Å²) in [7, 11) is -3.52. The molecule has 1 aromatic carbocycles. The molecule has 0 radical (unpaired) electrons. The third-order valence-electron chi connectivity index (χ3n) is 4.86. The minimum absolute atomic E-state index is 0.148. The average molecular weight is 426 g/mol. The number of urea groups is 1. The molecular formula is C20H33N4O4S+. The van der Waals surface area contributed by atoms with E-state index in [0.29, 0.717) is 43.5 Å². The molecule has 0 aliphatic carbocycles. The monoisotopic (exact) mass is 425 g/mol. The van der Waals surface area contributed by atoms with Gasteiger partial charge in [-0.25, -0.2) is 13.2 Å². The van der Waals surface area contributed by atoms with Crippen LogP contribution in [-0.4, -0.2) is 63.9 Å². The molecule has 0 saturated carbocycles. The van der Waals surface area contributed by atoms with Gasteiger partial charge in [0.25, 0.3) is 5.91 Å². The Kier molecular flexibility index (Phi) is 8.60. The van der Waals surface area contributed by atoms with Crippen LogP contribution in [0, 0.1) is 5.92 Å². The van der Waals surface area contributed by atoms with Crippen molar-refractivity contribution in [1.29, 1.82) is 0 Å². The minimum Gasteiger partial charge on any atom is -0.338 e. The number of benzene rings is 1. The fourth-order valence-electron chi connectivity index (χ4n) is 3.22. The first-order valence-corrected chi connectivity index (χ1v) is 11.7. The summed E-state index contributed by atoms with van der Waals surface area (Å²) in [6.07, 6.45) is 1.95. The lowest BCUT2D eigenvalue weighted by atomic mass is 10.1. The summed E-state index contributed by atoms with van der Waals surface area (Å²) in [5.74, 6) is -0.0524. The van der Waals surface area contributed by atoms with Crippen molar-refractivity contribution in [3.05, 3.63) is 29.8 Å². The van der Waals surface area contributed by atoms with Crippen molar-refractivity contribution in [2.24, 2.45) is 5.92 Å². The van der Waals surface area contributed by atoms with E-state index in [1.54, 1.807) is 12.1 Å². The maximum atomic E-state index is 12.8. The van der Waals surface area contributed by atoms with E-state index < -0.39 is 16.1 Å². The zero-order valence-electron chi connectivity index (χ0n) is 17.5. The van der Waals surface area contributed by atoms with Crippen molar-refractivity contribution in [2.45, 2.75) is 38.5 Å². The van der Waals surface area contributed by atoms with Crippen LogP contribution in [-0.2, 0) is 21.2 Å². The molecule has 0 atom stereocenters. The average Bonchev–Trinajstić information content (AvgIpc) is 2.67. The lowest BCUT2D eigenvalue weighted by Crippen LogP contribution is -3.15. The highest BCUT2D eigenvalue weighted by atomic mass is 32.2. The second-order valence-corrected chi connectivity index (χ2v) is 9.81. The standard InChI is InChI=1S/C20H32N4O4S/c1-4-5-17-6-8-18(9-7-17)29(27,28)24-12-10-23(11-13-24)15-19(25)22-20(26)21-14-16(2)3/h6-9,16H,4-5,10-15H2,1-3H3,(H2,21,22,25,26)/p+1. The van der Waals surface area contributed by atoms with E-state index in [1.165, 1.54) is 4.31 Å². The largest absolute Gasteiger partial charge is 0.338 e. The Hall–Kier alpha value is -1.97. The summed E-state index contributed by atoms with van der Waals surface area (Å²) in [6, 6.07) is 6.58. The summed E-state index contributed by atoms with van der Waals surface area (Å²) in [4.78, 5) is 25.0. The third-order valence-corrected chi connectivity index (χ3v) is 6.78. The van der Waals surface area contributed by atoms with E-state index >= 15 is 0 Å². The van der Waals surface area contributed by atoms with Crippen molar-refractivity contribution >= 4 is 22.0 Å². The molecule has 1 aliphatic heterocycles. The van der Waals surface area contributed by atoms with Gasteiger partial charge in [0.15, 0.2) is 6.54 Å². The molecule has 1 heterocycles. The van der Waals surface area contributed by atoms with E-state index in [4.69, 9.17) is 0 Å². The van der Waals surface area contributed by atoms with Gasteiger partial charge in [-0.05, 0) is 30.0 Å². The molecule has 162 valence electrons. The molecule has 0 bridgehead atoms. The number of hydrogen-bond donors (Lipinski definition) is 3. The van der Waals surface area contributed by atoms with Gasteiger partial charge in [0.2, 0.25) is 10.0 Å². The molecule has 0 unspecified atom stereocenters. The van der Waals surface area contributed by atoms with Crippen molar-refractivity contribution in [1.82, 2.24) is 14.9 Å². The molecular weight excluding hydrogens is 392 g/mol. The zero-order chi connectivity index (χ0) is 21.4. The molecule has 3 N–H and O–H groups in total. The highest BCUT2D eigenvalue weighted by molar-refractivity contribution is 7.89. The molecule has 1 saturated heterocycles. The van der Waals surface area contributed by atoms with Crippen molar-refractivity contribution in [2.75, 3.05) is 39.3 Å². The van der Waals surface area contributed by atoms with Gasteiger partial charge in [-0.1, -0.05) is 39.3 Å². The van der Waals surface area contributed by atoms with Gasteiger partial charge < -0.3 is 10.2 Å². The topological polar surface area (TPSA) is 100 Å². The molecule has 29 heavy (non-hydrogen) atoms. The van der Waals surface area contributed by atoms with E-state index in [1.807, 2.05) is 26.0 Å².